The van der Waals surface area contributed by atoms with Crippen LogP contribution in [0, 0.1) is 13.8 Å². The number of ether oxygens (including phenoxy) is 1. The van der Waals surface area contributed by atoms with Crippen LogP contribution in [-0.2, 0) is 20.6 Å². The third-order valence-electron chi connectivity index (χ3n) is 3.03. The molecule has 0 aliphatic carbocycles. The number of halogens is 1. The van der Waals surface area contributed by atoms with Crippen LogP contribution in [0.15, 0.2) is 17.0 Å². The topological polar surface area (TPSA) is 55.4 Å². The van der Waals surface area contributed by atoms with E-state index in [4.69, 9.17) is 16.3 Å². The summed E-state index contributed by atoms with van der Waals surface area (Å²) in [6, 6.07) is 3.48. The fourth-order valence-electron chi connectivity index (χ4n) is 1.70. The largest absolute Gasteiger partial charge is 0.380 e. The fourth-order valence-corrected chi connectivity index (χ4v) is 3.37. The smallest absolute Gasteiger partial charge is 0.240 e. The van der Waals surface area contributed by atoms with E-state index in [1.807, 2.05) is 13.0 Å². The summed E-state index contributed by atoms with van der Waals surface area (Å²) in [6.45, 7) is 5.73. The Balaban J connectivity index is 3.07. The third kappa shape index (κ3) is 4.18. The molecule has 0 spiro atoms. The van der Waals surface area contributed by atoms with Gasteiger partial charge in [-0.1, -0.05) is 6.07 Å². The van der Waals surface area contributed by atoms with Crippen LogP contribution in [0.5, 0.6) is 0 Å². The first-order valence-electron chi connectivity index (χ1n) is 6.00. The van der Waals surface area contributed by atoms with Gasteiger partial charge in [-0.25, -0.2) is 13.1 Å². The molecule has 0 bridgehead atoms. The fraction of sp³-hybridized carbons (Fsp3) is 0.538. The first-order valence-corrected chi connectivity index (χ1v) is 8.02. The second kappa shape index (κ2) is 6.70. The number of alkyl halides is 1. The first-order chi connectivity index (χ1) is 8.81. The Morgan fingerprint density at radius 1 is 1.32 bits per heavy atom. The molecule has 1 N–H and O–H groups in total. The third-order valence-corrected chi connectivity index (χ3v) is 4.88. The molecule has 0 radical (unpaired) electrons. The summed E-state index contributed by atoms with van der Waals surface area (Å²) in [5.41, 5.74) is 2.54. The second-order valence-electron chi connectivity index (χ2n) is 4.58. The van der Waals surface area contributed by atoms with Crippen LogP contribution in [0.4, 0.5) is 0 Å². The van der Waals surface area contributed by atoms with E-state index in [9.17, 15) is 8.42 Å². The highest BCUT2D eigenvalue weighted by Gasteiger charge is 2.19. The number of sulfonamides is 1. The maximum Gasteiger partial charge on any atom is 0.240 e. The highest BCUT2D eigenvalue weighted by atomic mass is 35.5. The number of aryl methyl sites for hydroxylation is 2. The van der Waals surface area contributed by atoms with Gasteiger partial charge in [0.2, 0.25) is 10.0 Å². The highest BCUT2D eigenvalue weighted by molar-refractivity contribution is 7.89. The van der Waals surface area contributed by atoms with Gasteiger partial charge in [-0.2, -0.15) is 0 Å². The van der Waals surface area contributed by atoms with E-state index in [0.717, 1.165) is 11.1 Å². The minimum Gasteiger partial charge on any atom is -0.380 e. The normalized spacial score (nSPS) is 13.5. The number of rotatable bonds is 6. The summed E-state index contributed by atoms with van der Waals surface area (Å²) in [5, 5.41) is 0. The predicted molar refractivity (Wildman–Crippen MR) is 77.1 cm³/mol. The van der Waals surface area contributed by atoms with Crippen LogP contribution in [0.3, 0.4) is 0 Å². The zero-order chi connectivity index (χ0) is 14.6. The lowest BCUT2D eigenvalue weighted by atomic mass is 10.1. The number of benzene rings is 1. The molecule has 0 aromatic heterocycles. The van der Waals surface area contributed by atoms with Crippen molar-refractivity contribution in [2.75, 3.05) is 13.7 Å². The van der Waals surface area contributed by atoms with Gasteiger partial charge in [0.15, 0.2) is 0 Å². The number of nitrogens with one attached hydrogen (secondary N) is 1. The molecular weight excluding hydrogens is 286 g/mol. The minimum atomic E-state index is -3.53. The zero-order valence-corrected chi connectivity index (χ0v) is 13.2. The molecule has 0 amide bonds. The molecule has 0 heterocycles. The molecule has 1 aromatic rings. The van der Waals surface area contributed by atoms with Crippen molar-refractivity contribution in [3.05, 3.63) is 28.8 Å². The van der Waals surface area contributed by atoms with Gasteiger partial charge in [-0.3, -0.25) is 0 Å². The molecule has 0 saturated carbocycles. The first kappa shape index (κ1) is 16.4. The van der Waals surface area contributed by atoms with Gasteiger partial charge in [0.1, 0.15) is 0 Å². The lowest BCUT2D eigenvalue weighted by Gasteiger charge is -2.14. The summed E-state index contributed by atoms with van der Waals surface area (Å²) in [7, 11) is -1.99. The summed E-state index contributed by atoms with van der Waals surface area (Å²) >= 11 is 5.82. The molecule has 1 rings (SSSR count). The molecular formula is C13H20ClNO3S. The van der Waals surface area contributed by atoms with Crippen LogP contribution < -0.4 is 4.72 Å². The van der Waals surface area contributed by atoms with Crippen molar-refractivity contribution in [2.45, 2.75) is 37.7 Å². The number of hydrogen-bond donors (Lipinski definition) is 1. The molecule has 0 aliphatic heterocycles. The average molecular weight is 306 g/mol. The van der Waals surface area contributed by atoms with E-state index < -0.39 is 10.0 Å². The lowest BCUT2D eigenvalue weighted by Crippen LogP contribution is -2.32. The molecule has 6 heteroatoms. The van der Waals surface area contributed by atoms with Crippen LogP contribution in [0.2, 0.25) is 0 Å². The summed E-state index contributed by atoms with van der Waals surface area (Å²) in [6.07, 6.45) is -0.173. The maximum absolute atomic E-state index is 12.2. The average Bonchev–Trinajstić information content (AvgIpc) is 2.35. The molecule has 108 valence electrons. The highest BCUT2D eigenvalue weighted by Crippen LogP contribution is 2.21. The maximum atomic E-state index is 12.2. The van der Waals surface area contributed by atoms with Crippen LogP contribution >= 0.6 is 11.6 Å². The molecule has 1 unspecified atom stereocenters. The SMILES string of the molecule is COC(C)CNS(=O)(=O)c1cc(CCl)c(C)cc1C. The van der Waals surface area contributed by atoms with E-state index >= 15 is 0 Å². The number of methoxy groups -OCH3 is 1. The molecule has 0 aliphatic rings. The molecule has 4 nitrogen and oxygen atoms in total. The standard InChI is InChI=1S/C13H20ClNO3S/c1-9-5-10(2)13(6-12(9)7-14)19(16,17)15-8-11(3)18-4/h5-6,11,15H,7-8H2,1-4H3. The Morgan fingerprint density at radius 2 is 1.95 bits per heavy atom. The van der Waals surface area contributed by atoms with Crippen molar-refractivity contribution < 1.29 is 13.2 Å². The van der Waals surface area contributed by atoms with Gasteiger partial charge < -0.3 is 4.74 Å². The molecule has 19 heavy (non-hydrogen) atoms. The Morgan fingerprint density at radius 3 is 2.47 bits per heavy atom. The van der Waals surface area contributed by atoms with Crippen molar-refractivity contribution >= 4 is 21.6 Å². The summed E-state index contributed by atoms with van der Waals surface area (Å²) < 4.78 is 32.1. The van der Waals surface area contributed by atoms with Gasteiger partial charge >= 0.3 is 0 Å². The molecule has 1 atom stereocenters. The van der Waals surface area contributed by atoms with Crippen LogP contribution in [0.25, 0.3) is 0 Å². The van der Waals surface area contributed by atoms with E-state index in [-0.39, 0.29) is 17.5 Å². The Bertz CT molecular complexity index is 543. The Labute approximate surface area is 120 Å². The van der Waals surface area contributed by atoms with E-state index in [2.05, 4.69) is 4.72 Å². The van der Waals surface area contributed by atoms with Gasteiger partial charge in [-0.15, -0.1) is 11.6 Å². The van der Waals surface area contributed by atoms with Gasteiger partial charge in [0, 0.05) is 19.5 Å². The minimum absolute atomic E-state index is 0.173. The number of hydrogen-bond acceptors (Lipinski definition) is 3. The predicted octanol–water partition coefficient (Wildman–Crippen LogP) is 2.36. The summed E-state index contributed by atoms with van der Waals surface area (Å²) in [4.78, 5) is 0.275. The van der Waals surface area contributed by atoms with E-state index in [1.54, 1.807) is 27.0 Å². The van der Waals surface area contributed by atoms with Crippen LogP contribution in [-0.4, -0.2) is 28.2 Å². The molecule has 0 saturated heterocycles. The van der Waals surface area contributed by atoms with Crippen molar-refractivity contribution in [3.8, 4) is 0 Å². The Hall–Kier alpha value is -0.620. The lowest BCUT2D eigenvalue weighted by molar-refractivity contribution is 0.122. The van der Waals surface area contributed by atoms with Crippen LogP contribution in [0.1, 0.15) is 23.6 Å². The van der Waals surface area contributed by atoms with Crippen molar-refractivity contribution in [3.63, 3.8) is 0 Å². The second-order valence-corrected chi connectivity index (χ2v) is 6.58. The summed E-state index contributed by atoms with van der Waals surface area (Å²) in [5.74, 6) is 0.295. The van der Waals surface area contributed by atoms with Gasteiger partial charge in [0.25, 0.3) is 0 Å². The van der Waals surface area contributed by atoms with Crippen molar-refractivity contribution in [1.82, 2.24) is 4.72 Å². The molecule has 0 fully saturated rings. The molecule has 1 aromatic carbocycles. The quantitative estimate of drug-likeness (QED) is 0.821. The van der Waals surface area contributed by atoms with Crippen molar-refractivity contribution in [1.29, 1.82) is 0 Å². The van der Waals surface area contributed by atoms with E-state index in [1.165, 1.54) is 0 Å². The van der Waals surface area contributed by atoms with E-state index in [0.29, 0.717) is 11.4 Å². The Kier molecular flexibility index (Phi) is 5.80. The van der Waals surface area contributed by atoms with Gasteiger partial charge in [0.05, 0.1) is 11.0 Å². The van der Waals surface area contributed by atoms with Crippen molar-refractivity contribution in [2.24, 2.45) is 0 Å². The zero-order valence-electron chi connectivity index (χ0n) is 11.7. The monoisotopic (exact) mass is 305 g/mol. The van der Waals surface area contributed by atoms with Gasteiger partial charge in [-0.05, 0) is 43.5 Å².